The number of aryl methyl sites for hydroxylation is 1. The van der Waals surface area contributed by atoms with Gasteiger partial charge >= 0.3 is 0 Å². The molecule has 0 aliphatic carbocycles. The van der Waals surface area contributed by atoms with Crippen LogP contribution >= 0.6 is 0 Å². The van der Waals surface area contributed by atoms with Gasteiger partial charge in [0, 0.05) is 25.1 Å². The summed E-state index contributed by atoms with van der Waals surface area (Å²) >= 11 is 0. The monoisotopic (exact) mass is 277 g/mol. The van der Waals surface area contributed by atoms with Crippen LogP contribution in [-0.4, -0.2) is 29.0 Å². The van der Waals surface area contributed by atoms with Crippen LogP contribution < -0.4 is 20.7 Å². The van der Waals surface area contributed by atoms with Crippen molar-refractivity contribution in [3.63, 3.8) is 0 Å². The second kappa shape index (κ2) is 6.36. The molecule has 0 aliphatic heterocycles. The number of nitrogens with zero attached hydrogens (tertiary/aromatic N) is 3. The van der Waals surface area contributed by atoms with Crippen LogP contribution in [0.1, 0.15) is 17.4 Å². The van der Waals surface area contributed by atoms with Crippen molar-refractivity contribution in [2.45, 2.75) is 12.5 Å². The van der Waals surface area contributed by atoms with Crippen molar-refractivity contribution in [1.29, 1.82) is 0 Å². The van der Waals surface area contributed by atoms with Gasteiger partial charge in [-0.25, -0.2) is 4.98 Å². The summed E-state index contributed by atoms with van der Waals surface area (Å²) in [6.07, 6.45) is 2.13. The van der Waals surface area contributed by atoms with Crippen LogP contribution in [0, 0.1) is 0 Å². The van der Waals surface area contributed by atoms with Crippen molar-refractivity contribution in [3.05, 3.63) is 35.9 Å². The van der Waals surface area contributed by atoms with Crippen LogP contribution in [0.4, 0.5) is 0 Å². The first-order chi connectivity index (χ1) is 9.69. The third-order valence-electron chi connectivity index (χ3n) is 3.21. The predicted molar refractivity (Wildman–Crippen MR) is 74.3 cm³/mol. The predicted octanol–water partition coefficient (Wildman–Crippen LogP) is 0.579. The number of ether oxygens (including phenoxy) is 2. The van der Waals surface area contributed by atoms with Gasteiger partial charge in [-0.1, -0.05) is 6.07 Å². The number of nitrogens with two attached hydrogens (primary N) is 1. The Morgan fingerprint density at radius 3 is 2.70 bits per heavy atom. The molecule has 2 aromatic rings. The van der Waals surface area contributed by atoms with Gasteiger partial charge in [-0.15, -0.1) is 0 Å². The van der Waals surface area contributed by atoms with Gasteiger partial charge in [-0.3, -0.25) is 16.0 Å². The molecule has 0 aliphatic rings. The van der Waals surface area contributed by atoms with Gasteiger partial charge in [0.15, 0.2) is 0 Å². The number of hydrogen-bond donors (Lipinski definition) is 2. The van der Waals surface area contributed by atoms with Gasteiger partial charge in [0.1, 0.15) is 23.7 Å². The highest BCUT2D eigenvalue weighted by atomic mass is 16.5. The molecule has 1 heterocycles. The van der Waals surface area contributed by atoms with E-state index >= 15 is 0 Å². The molecule has 108 valence electrons. The molecule has 2 rings (SSSR count). The lowest BCUT2D eigenvalue weighted by Crippen LogP contribution is -2.30. The summed E-state index contributed by atoms with van der Waals surface area (Å²) in [5, 5.41) is 4.05. The fourth-order valence-corrected chi connectivity index (χ4v) is 2.05. The molecule has 7 nitrogen and oxygen atoms in total. The smallest absolute Gasteiger partial charge is 0.138 e. The quantitative estimate of drug-likeness (QED) is 0.593. The highest BCUT2D eigenvalue weighted by Crippen LogP contribution is 2.30. The lowest BCUT2D eigenvalue weighted by atomic mass is 10.0. The van der Waals surface area contributed by atoms with Crippen LogP contribution in [0.5, 0.6) is 11.5 Å². The average Bonchev–Trinajstić information content (AvgIpc) is 2.89. The van der Waals surface area contributed by atoms with Gasteiger partial charge in [0.25, 0.3) is 0 Å². The Hall–Kier alpha value is -2.12. The highest BCUT2D eigenvalue weighted by Gasteiger charge is 2.18. The Labute approximate surface area is 117 Å². The van der Waals surface area contributed by atoms with Crippen LogP contribution in [0.2, 0.25) is 0 Å². The van der Waals surface area contributed by atoms with E-state index < -0.39 is 0 Å². The lowest BCUT2D eigenvalue weighted by Gasteiger charge is -2.19. The number of aromatic nitrogens is 3. The van der Waals surface area contributed by atoms with E-state index in [2.05, 4.69) is 15.5 Å². The first-order valence-corrected chi connectivity index (χ1v) is 6.20. The van der Waals surface area contributed by atoms with E-state index in [0.717, 1.165) is 22.9 Å². The molecule has 0 radical (unpaired) electrons. The van der Waals surface area contributed by atoms with E-state index in [1.807, 2.05) is 25.2 Å². The molecule has 3 N–H and O–H groups in total. The van der Waals surface area contributed by atoms with Gasteiger partial charge in [0.05, 0.1) is 20.3 Å². The summed E-state index contributed by atoms with van der Waals surface area (Å²) < 4.78 is 12.3. The minimum Gasteiger partial charge on any atom is -0.497 e. The van der Waals surface area contributed by atoms with Crippen LogP contribution in [-0.2, 0) is 13.5 Å². The number of nitrogens with one attached hydrogen (secondary N) is 1. The van der Waals surface area contributed by atoms with Crippen LogP contribution in [0.25, 0.3) is 0 Å². The first-order valence-electron chi connectivity index (χ1n) is 6.20. The van der Waals surface area contributed by atoms with Crippen molar-refractivity contribution in [2.75, 3.05) is 14.2 Å². The molecule has 0 bridgehead atoms. The molecule has 0 fully saturated rings. The Morgan fingerprint density at radius 1 is 1.35 bits per heavy atom. The Balaban J connectivity index is 2.29. The van der Waals surface area contributed by atoms with Crippen molar-refractivity contribution in [3.8, 4) is 11.5 Å². The second-order valence-electron chi connectivity index (χ2n) is 4.33. The zero-order chi connectivity index (χ0) is 14.5. The van der Waals surface area contributed by atoms with E-state index in [-0.39, 0.29) is 6.04 Å². The minimum atomic E-state index is -0.126. The maximum atomic E-state index is 5.67. The van der Waals surface area contributed by atoms with Crippen molar-refractivity contribution >= 4 is 0 Å². The Kier molecular flexibility index (Phi) is 4.54. The van der Waals surface area contributed by atoms with Crippen LogP contribution in [0.3, 0.4) is 0 Å². The Morgan fingerprint density at radius 2 is 2.15 bits per heavy atom. The number of methoxy groups -OCH3 is 2. The summed E-state index contributed by atoms with van der Waals surface area (Å²) in [6.45, 7) is 0. The molecule has 1 aromatic heterocycles. The zero-order valence-electron chi connectivity index (χ0n) is 11.8. The molecule has 0 amide bonds. The van der Waals surface area contributed by atoms with E-state index in [9.17, 15) is 0 Å². The summed E-state index contributed by atoms with van der Waals surface area (Å²) in [6, 6.07) is 5.51. The van der Waals surface area contributed by atoms with E-state index in [1.54, 1.807) is 18.9 Å². The number of benzene rings is 1. The van der Waals surface area contributed by atoms with Gasteiger partial charge < -0.3 is 9.47 Å². The lowest BCUT2D eigenvalue weighted by molar-refractivity contribution is 0.383. The van der Waals surface area contributed by atoms with E-state index in [0.29, 0.717) is 6.42 Å². The molecule has 1 atom stereocenters. The zero-order valence-corrected chi connectivity index (χ0v) is 11.8. The topological polar surface area (TPSA) is 87.2 Å². The highest BCUT2D eigenvalue weighted by molar-refractivity contribution is 5.42. The normalized spacial score (nSPS) is 12.2. The molecule has 1 aromatic carbocycles. The second-order valence-corrected chi connectivity index (χ2v) is 4.33. The van der Waals surface area contributed by atoms with Crippen molar-refractivity contribution < 1.29 is 9.47 Å². The van der Waals surface area contributed by atoms with Crippen molar-refractivity contribution in [1.82, 2.24) is 20.2 Å². The van der Waals surface area contributed by atoms with E-state index in [1.165, 1.54) is 6.33 Å². The molecule has 1 unspecified atom stereocenters. The molecule has 20 heavy (non-hydrogen) atoms. The van der Waals surface area contributed by atoms with Gasteiger partial charge in [-0.2, -0.15) is 5.10 Å². The minimum absolute atomic E-state index is 0.126. The fraction of sp³-hybridized carbons (Fsp3) is 0.385. The fourth-order valence-electron chi connectivity index (χ4n) is 2.05. The first kappa shape index (κ1) is 14.3. The molecule has 0 saturated carbocycles. The number of hydrogen-bond acceptors (Lipinski definition) is 6. The Bertz CT molecular complexity index is 570. The molecular weight excluding hydrogens is 258 g/mol. The summed E-state index contributed by atoms with van der Waals surface area (Å²) in [4.78, 5) is 4.21. The SMILES string of the molecule is COc1ccc(C(Cc2ncnn2C)NN)c(OC)c1. The number of hydrazine groups is 1. The van der Waals surface area contributed by atoms with E-state index in [4.69, 9.17) is 15.3 Å². The number of rotatable bonds is 6. The van der Waals surface area contributed by atoms with Crippen LogP contribution in [0.15, 0.2) is 24.5 Å². The van der Waals surface area contributed by atoms with Gasteiger partial charge in [0.2, 0.25) is 0 Å². The summed E-state index contributed by atoms with van der Waals surface area (Å²) in [7, 11) is 5.09. The third kappa shape index (κ3) is 2.89. The maximum absolute atomic E-state index is 5.67. The standard InChI is InChI=1S/C13H19N5O2/c1-18-13(15-8-16-18)7-11(17-14)10-5-4-9(19-2)6-12(10)20-3/h4-6,8,11,17H,7,14H2,1-3H3. The summed E-state index contributed by atoms with van der Waals surface area (Å²) in [5.74, 6) is 7.96. The third-order valence-corrected chi connectivity index (χ3v) is 3.21. The largest absolute Gasteiger partial charge is 0.497 e. The molecule has 0 saturated heterocycles. The van der Waals surface area contributed by atoms with Gasteiger partial charge in [-0.05, 0) is 6.07 Å². The van der Waals surface area contributed by atoms with Crippen molar-refractivity contribution in [2.24, 2.45) is 12.9 Å². The molecular formula is C13H19N5O2. The molecule has 7 heteroatoms. The average molecular weight is 277 g/mol. The molecule has 0 spiro atoms. The summed E-state index contributed by atoms with van der Waals surface area (Å²) in [5.41, 5.74) is 3.74. The maximum Gasteiger partial charge on any atom is 0.138 e.